The molecule has 10 heavy (non-hydrogen) atoms. The quantitative estimate of drug-likeness (QED) is 0.517. The van der Waals surface area contributed by atoms with Crippen molar-refractivity contribution in [2.45, 2.75) is 18.9 Å². The van der Waals surface area contributed by atoms with Gasteiger partial charge in [0, 0.05) is 12.0 Å². The van der Waals surface area contributed by atoms with Crippen LogP contribution in [0.5, 0.6) is 0 Å². The van der Waals surface area contributed by atoms with Crippen LogP contribution in [0, 0.1) is 5.92 Å². The summed E-state index contributed by atoms with van der Waals surface area (Å²) in [5.41, 5.74) is 0. The van der Waals surface area contributed by atoms with E-state index < -0.39 is 0 Å². The first-order valence-corrected chi connectivity index (χ1v) is 3.60. The van der Waals surface area contributed by atoms with E-state index in [2.05, 4.69) is 12.2 Å². The minimum absolute atomic E-state index is 0.0987. The summed E-state index contributed by atoms with van der Waals surface area (Å²) in [5, 5.41) is 8.96. The molecule has 2 atom stereocenters. The van der Waals surface area contributed by atoms with Gasteiger partial charge in [-0.25, -0.2) is 0 Å². The zero-order chi connectivity index (χ0) is 6.97. The van der Waals surface area contributed by atoms with Crippen LogP contribution in [-0.4, -0.2) is 11.2 Å². The minimum atomic E-state index is 0.0987. The second-order valence-electron chi connectivity index (χ2n) is 2.74. The minimum Gasteiger partial charge on any atom is -0.481 e. The standard InChI is InChI=1S/C8H10O2/c9-8-5-6-3-1-2-4-7(6)10-8/h1,3,5-7,9H,2,4H2. The third-order valence-corrected chi connectivity index (χ3v) is 2.01. The molecule has 0 aromatic heterocycles. The smallest absolute Gasteiger partial charge is 0.273 e. The average Bonchev–Trinajstić information content (AvgIpc) is 2.27. The van der Waals surface area contributed by atoms with Crippen LogP contribution >= 0.6 is 0 Å². The van der Waals surface area contributed by atoms with Gasteiger partial charge in [0.1, 0.15) is 6.10 Å². The Kier molecular flexibility index (Phi) is 1.19. The molecule has 0 aromatic carbocycles. The molecular formula is C8H10O2. The maximum atomic E-state index is 8.96. The zero-order valence-corrected chi connectivity index (χ0v) is 5.66. The molecule has 0 spiro atoms. The number of ether oxygens (including phenoxy) is 1. The topological polar surface area (TPSA) is 29.5 Å². The van der Waals surface area contributed by atoms with Crippen molar-refractivity contribution in [3.8, 4) is 0 Å². The van der Waals surface area contributed by atoms with Gasteiger partial charge in [-0.15, -0.1) is 0 Å². The van der Waals surface area contributed by atoms with E-state index in [1.165, 1.54) is 0 Å². The number of fused-ring (bicyclic) bond motifs is 1. The highest BCUT2D eigenvalue weighted by Crippen LogP contribution is 2.29. The Morgan fingerprint density at radius 1 is 1.60 bits per heavy atom. The number of aliphatic hydroxyl groups excluding tert-OH is 1. The van der Waals surface area contributed by atoms with Gasteiger partial charge in [0.05, 0.1) is 0 Å². The predicted molar refractivity (Wildman–Crippen MR) is 37.4 cm³/mol. The van der Waals surface area contributed by atoms with Crippen molar-refractivity contribution in [2.75, 3.05) is 0 Å². The lowest BCUT2D eigenvalue weighted by atomic mass is 9.94. The first kappa shape index (κ1) is 5.83. The Bertz CT molecular complexity index is 193. The van der Waals surface area contributed by atoms with Gasteiger partial charge < -0.3 is 9.84 Å². The van der Waals surface area contributed by atoms with Crippen molar-refractivity contribution in [1.29, 1.82) is 0 Å². The van der Waals surface area contributed by atoms with E-state index in [1.807, 2.05) is 0 Å². The Balaban J connectivity index is 2.17. The van der Waals surface area contributed by atoms with Crippen LogP contribution in [0.3, 0.4) is 0 Å². The summed E-state index contributed by atoms with van der Waals surface area (Å²) in [7, 11) is 0. The number of aliphatic hydroxyl groups is 1. The first-order valence-electron chi connectivity index (χ1n) is 3.60. The van der Waals surface area contributed by atoms with E-state index in [1.54, 1.807) is 6.08 Å². The molecule has 1 heterocycles. The summed E-state index contributed by atoms with van der Waals surface area (Å²) in [5.74, 6) is 0.426. The number of rotatable bonds is 0. The molecular weight excluding hydrogens is 128 g/mol. The van der Waals surface area contributed by atoms with Crippen LogP contribution in [0.1, 0.15) is 12.8 Å². The van der Waals surface area contributed by atoms with Gasteiger partial charge in [0.2, 0.25) is 0 Å². The third kappa shape index (κ3) is 0.801. The summed E-state index contributed by atoms with van der Waals surface area (Å²) in [6.07, 6.45) is 8.31. The maximum absolute atomic E-state index is 8.96. The van der Waals surface area contributed by atoms with Crippen molar-refractivity contribution < 1.29 is 9.84 Å². The normalized spacial score (nSPS) is 36.6. The van der Waals surface area contributed by atoms with Crippen molar-refractivity contribution >= 4 is 0 Å². The summed E-state index contributed by atoms with van der Waals surface area (Å²) in [6, 6.07) is 0. The molecule has 2 nitrogen and oxygen atoms in total. The molecule has 0 bridgehead atoms. The summed E-state index contributed by atoms with van der Waals surface area (Å²) >= 11 is 0. The van der Waals surface area contributed by atoms with Crippen molar-refractivity contribution in [3.05, 3.63) is 24.2 Å². The largest absolute Gasteiger partial charge is 0.481 e. The van der Waals surface area contributed by atoms with E-state index in [0.29, 0.717) is 5.92 Å². The molecule has 1 N–H and O–H groups in total. The van der Waals surface area contributed by atoms with Gasteiger partial charge in [-0.1, -0.05) is 12.2 Å². The third-order valence-electron chi connectivity index (χ3n) is 2.01. The highest BCUT2D eigenvalue weighted by Gasteiger charge is 2.28. The highest BCUT2D eigenvalue weighted by atomic mass is 16.6. The van der Waals surface area contributed by atoms with Gasteiger partial charge in [0.15, 0.2) is 0 Å². The lowest BCUT2D eigenvalue weighted by Gasteiger charge is -2.18. The second-order valence-corrected chi connectivity index (χ2v) is 2.74. The molecule has 54 valence electrons. The van der Waals surface area contributed by atoms with Crippen LogP contribution < -0.4 is 0 Å². The van der Waals surface area contributed by atoms with Crippen LogP contribution in [0.4, 0.5) is 0 Å². The fourth-order valence-corrected chi connectivity index (χ4v) is 1.49. The molecule has 0 amide bonds. The molecule has 0 radical (unpaired) electrons. The molecule has 2 heteroatoms. The van der Waals surface area contributed by atoms with Crippen LogP contribution in [-0.2, 0) is 4.74 Å². The van der Waals surface area contributed by atoms with Crippen LogP contribution in [0.2, 0.25) is 0 Å². The fraction of sp³-hybridized carbons (Fsp3) is 0.500. The Morgan fingerprint density at radius 3 is 3.30 bits per heavy atom. The van der Waals surface area contributed by atoms with Gasteiger partial charge in [-0.05, 0) is 12.8 Å². The van der Waals surface area contributed by atoms with E-state index in [-0.39, 0.29) is 12.0 Å². The van der Waals surface area contributed by atoms with Crippen LogP contribution in [0.15, 0.2) is 24.2 Å². The monoisotopic (exact) mass is 138 g/mol. The molecule has 0 saturated heterocycles. The van der Waals surface area contributed by atoms with Crippen LogP contribution in [0.25, 0.3) is 0 Å². The van der Waals surface area contributed by atoms with Crippen molar-refractivity contribution in [1.82, 2.24) is 0 Å². The molecule has 2 rings (SSSR count). The SMILES string of the molecule is OC1=CC2C=CCCC2O1. The summed E-state index contributed by atoms with van der Waals surface area (Å²) < 4.78 is 5.13. The predicted octanol–water partition coefficient (Wildman–Crippen LogP) is 1.75. The van der Waals surface area contributed by atoms with E-state index >= 15 is 0 Å². The van der Waals surface area contributed by atoms with Gasteiger partial charge in [0.25, 0.3) is 5.95 Å². The fourth-order valence-electron chi connectivity index (χ4n) is 1.49. The van der Waals surface area contributed by atoms with Crippen molar-refractivity contribution in [3.63, 3.8) is 0 Å². The first-order chi connectivity index (χ1) is 4.86. The maximum Gasteiger partial charge on any atom is 0.273 e. The highest BCUT2D eigenvalue weighted by molar-refractivity contribution is 5.12. The zero-order valence-electron chi connectivity index (χ0n) is 5.66. The number of allylic oxidation sites excluding steroid dienone is 1. The van der Waals surface area contributed by atoms with E-state index in [9.17, 15) is 0 Å². The molecule has 0 saturated carbocycles. The molecule has 0 aromatic rings. The van der Waals surface area contributed by atoms with Gasteiger partial charge in [-0.2, -0.15) is 0 Å². The van der Waals surface area contributed by atoms with Crippen molar-refractivity contribution in [2.24, 2.45) is 5.92 Å². The molecule has 1 aliphatic carbocycles. The van der Waals surface area contributed by atoms with Gasteiger partial charge >= 0.3 is 0 Å². The molecule has 1 aliphatic heterocycles. The van der Waals surface area contributed by atoms with Gasteiger partial charge in [-0.3, -0.25) is 0 Å². The Morgan fingerprint density at radius 2 is 2.50 bits per heavy atom. The Hall–Kier alpha value is -0.920. The lowest BCUT2D eigenvalue weighted by Crippen LogP contribution is -2.17. The molecule has 0 fully saturated rings. The average molecular weight is 138 g/mol. The number of hydrogen-bond acceptors (Lipinski definition) is 2. The van der Waals surface area contributed by atoms with E-state index in [0.717, 1.165) is 12.8 Å². The lowest BCUT2D eigenvalue weighted by molar-refractivity contribution is 0.0415. The number of hydrogen-bond donors (Lipinski definition) is 1. The summed E-state index contributed by atoms with van der Waals surface area (Å²) in [6.45, 7) is 0. The Labute approximate surface area is 59.8 Å². The van der Waals surface area contributed by atoms with E-state index in [4.69, 9.17) is 9.84 Å². The molecule has 2 unspecified atom stereocenters. The molecule has 2 aliphatic rings. The summed E-state index contributed by atoms with van der Waals surface area (Å²) in [4.78, 5) is 0. The second kappa shape index (κ2) is 2.04.